The molecule has 2 aromatic rings. The van der Waals surface area contributed by atoms with E-state index >= 15 is 0 Å². The Balaban J connectivity index is 1.52. The van der Waals surface area contributed by atoms with Gasteiger partial charge >= 0.3 is 0 Å². The number of carbonyl (C=O) groups excluding carboxylic acids is 1. The number of nitrogens with one attached hydrogen (secondary N) is 1. The lowest BCUT2D eigenvalue weighted by Gasteiger charge is -2.27. The van der Waals surface area contributed by atoms with Crippen molar-refractivity contribution in [1.29, 1.82) is 0 Å². The van der Waals surface area contributed by atoms with Crippen LogP contribution in [0.1, 0.15) is 24.4 Å². The Bertz CT molecular complexity index is 1050. The first kappa shape index (κ1) is 22.1. The molecule has 1 unspecified atom stereocenters. The molecule has 32 heavy (non-hydrogen) atoms. The fraction of sp³-hybridized carbons (Fsp3) is 0.375. The number of ether oxygens (including phenoxy) is 2. The zero-order valence-electron chi connectivity index (χ0n) is 18.0. The van der Waals surface area contributed by atoms with Gasteiger partial charge in [-0.15, -0.1) is 0 Å². The van der Waals surface area contributed by atoms with Gasteiger partial charge in [0, 0.05) is 24.1 Å². The van der Waals surface area contributed by atoms with Crippen LogP contribution in [0.3, 0.4) is 0 Å². The zero-order chi connectivity index (χ0) is 22.7. The summed E-state index contributed by atoms with van der Waals surface area (Å²) >= 11 is 0. The van der Waals surface area contributed by atoms with Gasteiger partial charge in [-0.2, -0.15) is 0 Å². The number of aromatic nitrogens is 2. The Morgan fingerprint density at radius 3 is 2.75 bits per heavy atom. The molecule has 1 amide bonds. The number of hydrogen-bond donors (Lipinski definition) is 1. The fourth-order valence-corrected chi connectivity index (χ4v) is 4.21. The van der Waals surface area contributed by atoms with Gasteiger partial charge in [0.05, 0.1) is 19.4 Å². The van der Waals surface area contributed by atoms with Gasteiger partial charge in [-0.1, -0.05) is 6.08 Å². The average molecular weight is 441 g/mol. The molecule has 1 heterocycles. The predicted octanol–water partition coefficient (Wildman–Crippen LogP) is 4.52. The third kappa shape index (κ3) is 4.70. The van der Waals surface area contributed by atoms with E-state index in [1.54, 1.807) is 20.2 Å². The van der Waals surface area contributed by atoms with Crippen molar-refractivity contribution < 1.29 is 23.0 Å². The number of allylic oxidation sites excluding steroid dienone is 4. The Morgan fingerprint density at radius 1 is 1.28 bits per heavy atom. The van der Waals surface area contributed by atoms with Crippen molar-refractivity contribution in [2.75, 3.05) is 19.0 Å². The maximum absolute atomic E-state index is 13.6. The van der Waals surface area contributed by atoms with Crippen LogP contribution in [0.4, 0.5) is 14.5 Å². The molecule has 3 atom stereocenters. The largest absolute Gasteiger partial charge is 0.489 e. The number of halogens is 2. The van der Waals surface area contributed by atoms with Crippen LogP contribution in [0.2, 0.25) is 0 Å². The third-order valence-electron chi connectivity index (χ3n) is 6.07. The first-order chi connectivity index (χ1) is 15.4. The molecule has 0 radical (unpaired) electrons. The summed E-state index contributed by atoms with van der Waals surface area (Å²) in [5.41, 5.74) is 0.665. The molecule has 1 N–H and O–H groups in total. The minimum Gasteiger partial charge on any atom is -0.489 e. The van der Waals surface area contributed by atoms with Crippen molar-refractivity contribution in [3.63, 3.8) is 0 Å². The standard InChI is InChI=1S/C24H25F2N3O3/c1-15-27-12-22(21(28-15)13-31-2)32-14-24(16-3-5-17(25)6-4-16)11-20(24)23(30)29-19-9-7-18(26)8-10-19/h3,5-10,12,16,20H,4,11,13-14H2,1-2H3,(H,29,30)/t16?,20-,24+/m0/s1. The molecule has 0 spiro atoms. The molecule has 1 fully saturated rings. The summed E-state index contributed by atoms with van der Waals surface area (Å²) in [4.78, 5) is 21.6. The highest BCUT2D eigenvalue weighted by molar-refractivity contribution is 5.95. The van der Waals surface area contributed by atoms with Crippen molar-refractivity contribution in [1.82, 2.24) is 9.97 Å². The SMILES string of the molecule is COCc1nc(C)ncc1OC[C@@]1(C2C=CC(F)=CC2)C[C@H]1C(=O)Nc1ccc(F)cc1. The van der Waals surface area contributed by atoms with Crippen LogP contribution in [0.5, 0.6) is 5.75 Å². The topological polar surface area (TPSA) is 73.3 Å². The van der Waals surface area contributed by atoms with E-state index in [9.17, 15) is 13.6 Å². The van der Waals surface area contributed by atoms with Crippen LogP contribution in [0.25, 0.3) is 0 Å². The lowest BCUT2D eigenvalue weighted by atomic mass is 9.82. The van der Waals surface area contributed by atoms with Crippen LogP contribution < -0.4 is 10.1 Å². The van der Waals surface area contributed by atoms with Gasteiger partial charge < -0.3 is 14.8 Å². The third-order valence-corrected chi connectivity index (χ3v) is 6.07. The van der Waals surface area contributed by atoms with E-state index in [0.29, 0.717) is 35.8 Å². The summed E-state index contributed by atoms with van der Waals surface area (Å²) in [6, 6.07) is 5.64. The van der Waals surface area contributed by atoms with Crippen molar-refractivity contribution >= 4 is 11.6 Å². The van der Waals surface area contributed by atoms with Crippen LogP contribution in [-0.4, -0.2) is 29.6 Å². The van der Waals surface area contributed by atoms with E-state index in [0.717, 1.165) is 0 Å². The second-order valence-corrected chi connectivity index (χ2v) is 8.23. The Morgan fingerprint density at radius 2 is 2.06 bits per heavy atom. The normalized spacial score (nSPS) is 24.1. The van der Waals surface area contributed by atoms with Crippen LogP contribution in [0.15, 0.2) is 54.5 Å². The summed E-state index contributed by atoms with van der Waals surface area (Å²) in [6.07, 6.45) is 7.47. The fourth-order valence-electron chi connectivity index (χ4n) is 4.21. The van der Waals surface area contributed by atoms with Gasteiger partial charge in [-0.3, -0.25) is 4.79 Å². The summed E-state index contributed by atoms with van der Waals surface area (Å²) in [5.74, 6) is -0.0796. The zero-order valence-corrected chi connectivity index (χ0v) is 18.0. The first-order valence-corrected chi connectivity index (χ1v) is 10.5. The van der Waals surface area contributed by atoms with Crippen LogP contribution >= 0.6 is 0 Å². The quantitative estimate of drug-likeness (QED) is 0.652. The summed E-state index contributed by atoms with van der Waals surface area (Å²) < 4.78 is 38.1. The lowest BCUT2D eigenvalue weighted by molar-refractivity contribution is -0.118. The maximum atomic E-state index is 13.6. The monoisotopic (exact) mass is 441 g/mol. The minimum atomic E-state index is -0.493. The number of hydrogen-bond acceptors (Lipinski definition) is 5. The number of benzene rings is 1. The van der Waals surface area contributed by atoms with Gasteiger partial charge in [0.1, 0.15) is 23.2 Å². The van der Waals surface area contributed by atoms with Crippen molar-refractivity contribution in [2.24, 2.45) is 17.3 Å². The Kier molecular flexibility index (Phi) is 6.32. The molecule has 4 rings (SSSR count). The summed E-state index contributed by atoms with van der Waals surface area (Å²) in [7, 11) is 1.58. The van der Waals surface area contributed by atoms with Gasteiger partial charge in [0.15, 0.2) is 5.75 Å². The maximum Gasteiger partial charge on any atom is 0.228 e. The summed E-state index contributed by atoms with van der Waals surface area (Å²) in [5, 5.41) is 2.85. The number of amides is 1. The van der Waals surface area contributed by atoms with Gasteiger partial charge in [-0.25, -0.2) is 18.7 Å². The Hall–Kier alpha value is -3.13. The van der Waals surface area contributed by atoms with E-state index in [-0.39, 0.29) is 42.6 Å². The number of methoxy groups -OCH3 is 1. The molecule has 1 aromatic heterocycles. The highest BCUT2D eigenvalue weighted by atomic mass is 19.1. The molecule has 1 saturated carbocycles. The van der Waals surface area contributed by atoms with Gasteiger partial charge in [-0.05, 0) is 62.1 Å². The molecule has 0 aliphatic heterocycles. The van der Waals surface area contributed by atoms with E-state index < -0.39 is 5.41 Å². The number of aryl methyl sites for hydroxylation is 1. The minimum absolute atomic E-state index is 0.0526. The number of anilines is 1. The highest BCUT2D eigenvalue weighted by Gasteiger charge is 2.62. The van der Waals surface area contributed by atoms with E-state index in [1.807, 2.05) is 6.08 Å². The molecular formula is C24H25F2N3O3. The number of carbonyl (C=O) groups is 1. The molecule has 168 valence electrons. The molecule has 0 saturated heterocycles. The lowest BCUT2D eigenvalue weighted by Crippen LogP contribution is -2.29. The molecular weight excluding hydrogens is 416 g/mol. The average Bonchev–Trinajstić information content (AvgIpc) is 3.51. The summed E-state index contributed by atoms with van der Waals surface area (Å²) in [6.45, 7) is 2.31. The predicted molar refractivity (Wildman–Crippen MR) is 115 cm³/mol. The van der Waals surface area contributed by atoms with Crippen molar-refractivity contribution in [3.05, 3.63) is 71.9 Å². The van der Waals surface area contributed by atoms with Crippen molar-refractivity contribution in [2.45, 2.75) is 26.4 Å². The molecule has 2 aliphatic carbocycles. The molecule has 6 nitrogen and oxygen atoms in total. The van der Waals surface area contributed by atoms with E-state index in [1.165, 1.54) is 36.4 Å². The van der Waals surface area contributed by atoms with E-state index in [2.05, 4.69) is 15.3 Å². The van der Waals surface area contributed by atoms with Gasteiger partial charge in [0.25, 0.3) is 0 Å². The van der Waals surface area contributed by atoms with E-state index in [4.69, 9.17) is 9.47 Å². The van der Waals surface area contributed by atoms with Crippen molar-refractivity contribution in [3.8, 4) is 5.75 Å². The van der Waals surface area contributed by atoms with Crippen LogP contribution in [-0.2, 0) is 16.1 Å². The first-order valence-electron chi connectivity index (χ1n) is 10.5. The number of rotatable bonds is 8. The smallest absolute Gasteiger partial charge is 0.228 e. The number of nitrogens with zero attached hydrogens (tertiary/aromatic N) is 2. The second-order valence-electron chi connectivity index (χ2n) is 8.23. The highest BCUT2D eigenvalue weighted by Crippen LogP contribution is 2.60. The molecule has 8 heteroatoms. The second kappa shape index (κ2) is 9.16. The Labute approximate surface area is 185 Å². The molecule has 0 bridgehead atoms. The molecule has 2 aliphatic rings. The van der Waals surface area contributed by atoms with Gasteiger partial charge in [0.2, 0.25) is 5.91 Å². The molecule has 1 aromatic carbocycles. The van der Waals surface area contributed by atoms with Crippen LogP contribution in [0, 0.1) is 30.0 Å².